The number of hydrogen-bond acceptors (Lipinski definition) is 2. The van der Waals surface area contributed by atoms with E-state index in [1.54, 1.807) is 0 Å². The van der Waals surface area contributed by atoms with Crippen LogP contribution in [0.3, 0.4) is 0 Å². The van der Waals surface area contributed by atoms with E-state index in [1.807, 2.05) is 60.7 Å². The fourth-order valence-electron chi connectivity index (χ4n) is 1.97. The average Bonchev–Trinajstić information content (AvgIpc) is 2.48. The minimum Gasteiger partial charge on any atom is -0.378 e. The Morgan fingerprint density at radius 3 is 2.37 bits per heavy atom. The van der Waals surface area contributed by atoms with E-state index in [0.717, 1.165) is 17.7 Å². The normalized spacial score (nSPS) is 11.3. The molecule has 0 aliphatic heterocycles. The van der Waals surface area contributed by atoms with Gasteiger partial charge in [0.25, 0.3) is 0 Å². The third-order valence-electron chi connectivity index (χ3n) is 2.96. The molecule has 1 atom stereocenters. The topological polar surface area (TPSA) is 35.8 Å². The van der Waals surface area contributed by atoms with Crippen LogP contribution >= 0.6 is 0 Å². The van der Waals surface area contributed by atoms with Gasteiger partial charge in [0.1, 0.15) is 0 Å². The van der Waals surface area contributed by atoms with Gasteiger partial charge in [0.2, 0.25) is 0 Å². The van der Waals surface area contributed by atoms with Crippen molar-refractivity contribution in [3.63, 3.8) is 0 Å². The molecule has 2 aromatic rings. The first-order valence-electron chi connectivity index (χ1n) is 6.26. The highest BCUT2D eigenvalue weighted by Gasteiger charge is 2.09. The molecule has 0 aromatic heterocycles. The Labute approximate surface area is 114 Å². The van der Waals surface area contributed by atoms with Crippen molar-refractivity contribution in [2.75, 3.05) is 5.32 Å². The molecule has 0 bridgehead atoms. The zero-order chi connectivity index (χ0) is 13.5. The molecule has 0 radical (unpaired) electrons. The molecule has 2 heteroatoms. The third-order valence-corrected chi connectivity index (χ3v) is 2.96. The highest BCUT2D eigenvalue weighted by Crippen LogP contribution is 2.23. The minimum atomic E-state index is 0.174. The lowest BCUT2D eigenvalue weighted by Crippen LogP contribution is -2.09. The van der Waals surface area contributed by atoms with Gasteiger partial charge in [-0.25, -0.2) is 0 Å². The summed E-state index contributed by atoms with van der Waals surface area (Å²) in [4.78, 5) is 0. The Morgan fingerprint density at radius 1 is 1.11 bits per heavy atom. The van der Waals surface area contributed by atoms with E-state index in [9.17, 15) is 0 Å². The van der Waals surface area contributed by atoms with Crippen molar-refractivity contribution in [1.82, 2.24) is 0 Å². The number of hydrogen-bond donors (Lipinski definition) is 1. The van der Waals surface area contributed by atoms with Crippen molar-refractivity contribution >= 4 is 5.69 Å². The van der Waals surface area contributed by atoms with E-state index in [1.165, 1.54) is 0 Å². The number of nitrogens with one attached hydrogen (secondary N) is 1. The first-order chi connectivity index (χ1) is 9.33. The molecule has 0 amide bonds. The summed E-state index contributed by atoms with van der Waals surface area (Å²) < 4.78 is 0. The van der Waals surface area contributed by atoms with Gasteiger partial charge in [-0.05, 0) is 36.2 Å². The zero-order valence-corrected chi connectivity index (χ0v) is 10.7. The number of nitrogens with zero attached hydrogens (tertiary/aromatic N) is 1. The second kappa shape index (κ2) is 6.42. The summed E-state index contributed by atoms with van der Waals surface area (Å²) in [6, 6.07) is 20.1. The smallest absolute Gasteiger partial charge is 0.0991 e. The van der Waals surface area contributed by atoms with Gasteiger partial charge in [-0.2, -0.15) is 5.26 Å². The van der Waals surface area contributed by atoms with Crippen LogP contribution in [-0.4, -0.2) is 0 Å². The third kappa shape index (κ3) is 3.46. The SMILES string of the molecule is C=CCC(Nc1ccccc1)c1ccc(C#N)cc1. The van der Waals surface area contributed by atoms with Gasteiger partial charge in [0, 0.05) is 5.69 Å². The fraction of sp³-hybridized carbons (Fsp3) is 0.118. The van der Waals surface area contributed by atoms with Crippen LogP contribution in [0.5, 0.6) is 0 Å². The van der Waals surface area contributed by atoms with Crippen molar-refractivity contribution in [2.45, 2.75) is 12.5 Å². The molecule has 2 nitrogen and oxygen atoms in total. The monoisotopic (exact) mass is 248 g/mol. The van der Waals surface area contributed by atoms with Gasteiger partial charge in [-0.3, -0.25) is 0 Å². The zero-order valence-electron chi connectivity index (χ0n) is 10.7. The first-order valence-corrected chi connectivity index (χ1v) is 6.26. The molecule has 19 heavy (non-hydrogen) atoms. The highest BCUT2D eigenvalue weighted by molar-refractivity contribution is 5.46. The largest absolute Gasteiger partial charge is 0.378 e. The quantitative estimate of drug-likeness (QED) is 0.801. The Hall–Kier alpha value is -2.53. The summed E-state index contributed by atoms with van der Waals surface area (Å²) in [5.74, 6) is 0. The van der Waals surface area contributed by atoms with Crippen molar-refractivity contribution in [1.29, 1.82) is 5.26 Å². The van der Waals surface area contributed by atoms with E-state index in [4.69, 9.17) is 5.26 Å². The van der Waals surface area contributed by atoms with Crippen molar-refractivity contribution in [3.8, 4) is 6.07 Å². The molecule has 0 saturated carbocycles. The maximum absolute atomic E-state index is 8.82. The van der Waals surface area contributed by atoms with Gasteiger partial charge in [-0.15, -0.1) is 6.58 Å². The van der Waals surface area contributed by atoms with Crippen LogP contribution in [-0.2, 0) is 0 Å². The molecular formula is C17H16N2. The van der Waals surface area contributed by atoms with E-state index in [2.05, 4.69) is 18.0 Å². The van der Waals surface area contributed by atoms with Crippen LogP contribution in [0.2, 0.25) is 0 Å². The summed E-state index contributed by atoms with van der Waals surface area (Å²) in [7, 11) is 0. The second-order valence-corrected chi connectivity index (χ2v) is 4.32. The van der Waals surface area contributed by atoms with Crippen molar-refractivity contribution < 1.29 is 0 Å². The first kappa shape index (κ1) is 12.9. The number of benzene rings is 2. The number of rotatable bonds is 5. The molecule has 0 fully saturated rings. The molecular weight excluding hydrogens is 232 g/mol. The van der Waals surface area contributed by atoms with Crippen LogP contribution in [0.1, 0.15) is 23.6 Å². The summed E-state index contributed by atoms with van der Waals surface area (Å²) in [5.41, 5.74) is 2.92. The molecule has 0 aliphatic rings. The number of nitriles is 1. The van der Waals surface area contributed by atoms with Gasteiger partial charge in [-0.1, -0.05) is 36.4 Å². The molecule has 1 unspecified atom stereocenters. The van der Waals surface area contributed by atoms with Gasteiger partial charge >= 0.3 is 0 Å². The number of para-hydroxylation sites is 1. The lowest BCUT2D eigenvalue weighted by molar-refractivity contribution is 0.799. The standard InChI is InChI=1S/C17H16N2/c1-2-6-17(19-16-7-4-3-5-8-16)15-11-9-14(13-18)10-12-15/h2-5,7-12,17,19H,1,6H2. The van der Waals surface area contributed by atoms with Crippen molar-refractivity contribution in [3.05, 3.63) is 78.4 Å². The van der Waals surface area contributed by atoms with E-state index < -0.39 is 0 Å². The van der Waals surface area contributed by atoms with Crippen LogP contribution in [0, 0.1) is 11.3 Å². The van der Waals surface area contributed by atoms with E-state index in [0.29, 0.717) is 5.56 Å². The van der Waals surface area contributed by atoms with Crippen LogP contribution < -0.4 is 5.32 Å². The van der Waals surface area contributed by atoms with Gasteiger partial charge in [0.15, 0.2) is 0 Å². The predicted molar refractivity (Wildman–Crippen MR) is 78.8 cm³/mol. The van der Waals surface area contributed by atoms with E-state index in [-0.39, 0.29) is 6.04 Å². The fourth-order valence-corrected chi connectivity index (χ4v) is 1.97. The van der Waals surface area contributed by atoms with Crippen molar-refractivity contribution in [2.24, 2.45) is 0 Å². The lowest BCUT2D eigenvalue weighted by Gasteiger charge is -2.19. The Morgan fingerprint density at radius 2 is 1.79 bits per heavy atom. The van der Waals surface area contributed by atoms with Crippen LogP contribution in [0.15, 0.2) is 67.3 Å². The predicted octanol–water partition coefficient (Wildman–Crippen LogP) is 4.29. The summed E-state index contributed by atoms with van der Waals surface area (Å²) in [6.07, 6.45) is 2.74. The molecule has 0 heterocycles. The average molecular weight is 248 g/mol. The van der Waals surface area contributed by atoms with Crippen LogP contribution in [0.4, 0.5) is 5.69 Å². The molecule has 2 rings (SSSR count). The molecule has 2 aromatic carbocycles. The molecule has 0 spiro atoms. The Kier molecular flexibility index (Phi) is 4.36. The number of anilines is 1. The summed E-state index contributed by atoms with van der Waals surface area (Å²) in [5, 5.41) is 12.3. The maximum atomic E-state index is 8.82. The molecule has 94 valence electrons. The lowest BCUT2D eigenvalue weighted by atomic mass is 10.0. The summed E-state index contributed by atoms with van der Waals surface area (Å²) in [6.45, 7) is 3.81. The molecule has 0 aliphatic carbocycles. The van der Waals surface area contributed by atoms with E-state index >= 15 is 0 Å². The summed E-state index contributed by atoms with van der Waals surface area (Å²) >= 11 is 0. The Balaban J connectivity index is 2.19. The van der Waals surface area contributed by atoms with Gasteiger partial charge in [0.05, 0.1) is 17.7 Å². The minimum absolute atomic E-state index is 0.174. The van der Waals surface area contributed by atoms with Crippen LogP contribution in [0.25, 0.3) is 0 Å². The molecule has 1 N–H and O–H groups in total. The van der Waals surface area contributed by atoms with Gasteiger partial charge < -0.3 is 5.32 Å². The second-order valence-electron chi connectivity index (χ2n) is 4.32. The maximum Gasteiger partial charge on any atom is 0.0991 e. The molecule has 0 saturated heterocycles. The Bertz CT molecular complexity index is 564. The highest BCUT2D eigenvalue weighted by atomic mass is 14.9.